The number of carbonyl (C=O) groups excluding carboxylic acids is 1. The molecule has 0 aliphatic carbocycles. The second kappa shape index (κ2) is 5.64. The van der Waals surface area contributed by atoms with Gasteiger partial charge >= 0.3 is 0 Å². The van der Waals surface area contributed by atoms with E-state index in [0.29, 0.717) is 24.6 Å². The molecule has 0 atom stereocenters. The van der Waals surface area contributed by atoms with Gasteiger partial charge in [0.15, 0.2) is 5.82 Å². The summed E-state index contributed by atoms with van der Waals surface area (Å²) in [5.41, 5.74) is 0.632. The Morgan fingerprint density at radius 2 is 2.11 bits per heavy atom. The van der Waals surface area contributed by atoms with Crippen LogP contribution in [0.15, 0.2) is 12.4 Å². The van der Waals surface area contributed by atoms with Crippen molar-refractivity contribution in [2.75, 3.05) is 25.0 Å². The lowest BCUT2D eigenvalue weighted by atomic mass is 10.4. The van der Waals surface area contributed by atoms with Crippen molar-refractivity contribution in [3.8, 4) is 0 Å². The van der Waals surface area contributed by atoms with E-state index in [0.717, 1.165) is 5.82 Å². The Morgan fingerprint density at radius 1 is 1.37 bits per heavy atom. The van der Waals surface area contributed by atoms with Crippen molar-refractivity contribution in [3.05, 3.63) is 18.2 Å². The highest BCUT2D eigenvalue weighted by Gasteiger charge is 2.12. The normalized spacial score (nSPS) is 10.7. The largest absolute Gasteiger partial charge is 0.358 e. The number of hydrogen-bond donors (Lipinski definition) is 1. The molecule has 0 radical (unpaired) electrons. The Morgan fingerprint density at radius 3 is 2.79 bits per heavy atom. The van der Waals surface area contributed by atoms with Crippen LogP contribution in [0.25, 0.3) is 5.65 Å². The van der Waals surface area contributed by atoms with Crippen LogP contribution >= 0.6 is 0 Å². The maximum Gasteiger partial charge on any atom is 0.241 e. The van der Waals surface area contributed by atoms with Crippen LogP contribution in [0, 0.1) is 6.92 Å². The molecule has 2 aromatic heterocycles. The molecule has 1 N–H and O–H groups in total. The zero-order valence-electron chi connectivity index (χ0n) is 11.4. The van der Waals surface area contributed by atoms with Gasteiger partial charge < -0.3 is 10.2 Å². The van der Waals surface area contributed by atoms with E-state index in [9.17, 15) is 4.79 Å². The third kappa shape index (κ3) is 2.64. The zero-order chi connectivity index (χ0) is 13.8. The molecule has 0 unspecified atom stereocenters. The molecule has 0 aliphatic heterocycles. The number of anilines is 1. The molecule has 0 fully saturated rings. The van der Waals surface area contributed by atoms with Crippen molar-refractivity contribution in [1.29, 1.82) is 0 Å². The maximum absolute atomic E-state index is 11.9. The smallest absolute Gasteiger partial charge is 0.241 e. The maximum atomic E-state index is 11.9. The minimum atomic E-state index is 0.0463. The van der Waals surface area contributed by atoms with Crippen molar-refractivity contribution in [3.63, 3.8) is 0 Å². The van der Waals surface area contributed by atoms with E-state index in [-0.39, 0.29) is 12.5 Å². The third-order valence-electron chi connectivity index (χ3n) is 3.02. The minimum Gasteiger partial charge on any atom is -0.358 e. The standard InChI is InChI=1S/C12H18N6O/c1-4-17(5-2)10(19)8-14-11-12-16-15-9(3)18(12)7-6-13-11/h6-7H,4-5,8H2,1-3H3,(H,13,14). The first-order valence-electron chi connectivity index (χ1n) is 6.35. The summed E-state index contributed by atoms with van der Waals surface area (Å²) in [5.74, 6) is 1.41. The van der Waals surface area contributed by atoms with E-state index < -0.39 is 0 Å². The summed E-state index contributed by atoms with van der Waals surface area (Å²) in [6.45, 7) is 7.41. The van der Waals surface area contributed by atoms with Gasteiger partial charge in [0.1, 0.15) is 5.82 Å². The molecule has 0 bridgehead atoms. The molecule has 7 nitrogen and oxygen atoms in total. The monoisotopic (exact) mass is 262 g/mol. The number of aromatic nitrogens is 4. The molecule has 0 saturated heterocycles. The number of amides is 1. The Balaban J connectivity index is 2.12. The molecule has 0 saturated carbocycles. The van der Waals surface area contributed by atoms with E-state index in [4.69, 9.17) is 0 Å². The average Bonchev–Trinajstić information content (AvgIpc) is 2.80. The Labute approximate surface area is 111 Å². The molecular weight excluding hydrogens is 244 g/mol. The first kappa shape index (κ1) is 13.3. The fourth-order valence-electron chi connectivity index (χ4n) is 1.91. The highest BCUT2D eigenvalue weighted by atomic mass is 16.2. The highest BCUT2D eigenvalue weighted by Crippen LogP contribution is 2.11. The Bertz CT molecular complexity index is 575. The summed E-state index contributed by atoms with van der Waals surface area (Å²) in [6.07, 6.45) is 3.45. The topological polar surface area (TPSA) is 75.4 Å². The summed E-state index contributed by atoms with van der Waals surface area (Å²) in [4.78, 5) is 17.9. The second-order valence-corrected chi connectivity index (χ2v) is 4.14. The van der Waals surface area contributed by atoms with Crippen molar-refractivity contribution in [1.82, 2.24) is 24.5 Å². The Hall–Kier alpha value is -2.18. The zero-order valence-corrected chi connectivity index (χ0v) is 11.4. The van der Waals surface area contributed by atoms with Crippen LogP contribution in [-0.2, 0) is 4.79 Å². The van der Waals surface area contributed by atoms with Crippen LogP contribution in [0.3, 0.4) is 0 Å². The van der Waals surface area contributed by atoms with Crippen LogP contribution in [0.5, 0.6) is 0 Å². The second-order valence-electron chi connectivity index (χ2n) is 4.14. The number of likely N-dealkylation sites (N-methyl/N-ethyl adjacent to an activating group) is 1. The van der Waals surface area contributed by atoms with Gasteiger partial charge in [0.25, 0.3) is 0 Å². The highest BCUT2D eigenvalue weighted by molar-refractivity contribution is 5.81. The molecule has 7 heteroatoms. The number of rotatable bonds is 5. The number of fused-ring (bicyclic) bond motifs is 1. The lowest BCUT2D eigenvalue weighted by molar-refractivity contribution is -0.128. The minimum absolute atomic E-state index is 0.0463. The van der Waals surface area contributed by atoms with Crippen LogP contribution in [0.4, 0.5) is 5.82 Å². The van der Waals surface area contributed by atoms with Crippen LogP contribution < -0.4 is 5.32 Å². The first-order chi connectivity index (χ1) is 9.17. The molecule has 0 aliphatic rings. The van der Waals surface area contributed by atoms with E-state index in [1.807, 2.05) is 25.2 Å². The number of nitrogens with zero attached hydrogens (tertiary/aromatic N) is 5. The van der Waals surface area contributed by atoms with Gasteiger partial charge in [0.05, 0.1) is 6.54 Å². The quantitative estimate of drug-likeness (QED) is 0.859. The SMILES string of the molecule is CCN(CC)C(=O)CNc1nccn2c(C)nnc12. The number of hydrogen-bond acceptors (Lipinski definition) is 5. The van der Waals surface area contributed by atoms with Crippen LogP contribution in [-0.4, -0.2) is 50.0 Å². The molecule has 0 spiro atoms. The third-order valence-corrected chi connectivity index (χ3v) is 3.02. The van der Waals surface area contributed by atoms with Crippen LogP contribution in [0.2, 0.25) is 0 Å². The van der Waals surface area contributed by atoms with E-state index in [2.05, 4.69) is 20.5 Å². The summed E-state index contributed by atoms with van der Waals surface area (Å²) in [7, 11) is 0. The molecule has 2 aromatic rings. The fourth-order valence-corrected chi connectivity index (χ4v) is 1.91. The summed E-state index contributed by atoms with van der Waals surface area (Å²) < 4.78 is 1.83. The number of carbonyl (C=O) groups is 1. The van der Waals surface area contributed by atoms with Crippen molar-refractivity contribution >= 4 is 17.4 Å². The van der Waals surface area contributed by atoms with Gasteiger partial charge in [-0.25, -0.2) is 4.98 Å². The van der Waals surface area contributed by atoms with Gasteiger partial charge in [-0.2, -0.15) is 0 Å². The van der Waals surface area contributed by atoms with Crippen molar-refractivity contribution in [2.45, 2.75) is 20.8 Å². The van der Waals surface area contributed by atoms with E-state index in [1.165, 1.54) is 0 Å². The van der Waals surface area contributed by atoms with Crippen molar-refractivity contribution in [2.24, 2.45) is 0 Å². The number of aryl methyl sites for hydroxylation is 1. The van der Waals surface area contributed by atoms with Crippen molar-refractivity contribution < 1.29 is 4.79 Å². The summed E-state index contributed by atoms with van der Waals surface area (Å²) in [6, 6.07) is 0. The van der Waals surface area contributed by atoms with Crippen LogP contribution in [0.1, 0.15) is 19.7 Å². The Kier molecular flexibility index (Phi) is 3.94. The molecule has 1 amide bonds. The lowest BCUT2D eigenvalue weighted by Gasteiger charge is -2.18. The molecule has 2 heterocycles. The average molecular weight is 262 g/mol. The molecule has 2 rings (SSSR count). The van der Waals surface area contributed by atoms with Gasteiger partial charge in [-0.3, -0.25) is 9.20 Å². The molecule has 19 heavy (non-hydrogen) atoms. The fraction of sp³-hybridized carbons (Fsp3) is 0.500. The lowest BCUT2D eigenvalue weighted by Crippen LogP contribution is -2.35. The molecule has 102 valence electrons. The van der Waals surface area contributed by atoms with E-state index >= 15 is 0 Å². The summed E-state index contributed by atoms with van der Waals surface area (Å²) >= 11 is 0. The predicted octanol–water partition coefficient (Wildman–Crippen LogP) is 0.713. The van der Waals surface area contributed by atoms with Gasteiger partial charge in [-0.15, -0.1) is 10.2 Å². The molecule has 0 aromatic carbocycles. The first-order valence-corrected chi connectivity index (χ1v) is 6.35. The molecular formula is C12H18N6O. The van der Waals surface area contributed by atoms with Gasteiger partial charge in [-0.05, 0) is 20.8 Å². The predicted molar refractivity (Wildman–Crippen MR) is 71.9 cm³/mol. The van der Waals surface area contributed by atoms with Gasteiger partial charge in [0, 0.05) is 25.5 Å². The number of nitrogens with one attached hydrogen (secondary N) is 1. The summed E-state index contributed by atoms with van der Waals surface area (Å²) in [5, 5.41) is 11.1. The van der Waals surface area contributed by atoms with Gasteiger partial charge in [-0.1, -0.05) is 0 Å². The van der Waals surface area contributed by atoms with E-state index in [1.54, 1.807) is 17.3 Å². The van der Waals surface area contributed by atoms with Gasteiger partial charge in [0.2, 0.25) is 11.6 Å².